The van der Waals surface area contributed by atoms with E-state index in [2.05, 4.69) is 4.98 Å². The van der Waals surface area contributed by atoms with E-state index >= 15 is 0 Å². The fraction of sp³-hybridized carbons (Fsp3) is 0.0909. The number of carbonyl (C=O) groups is 2. The number of hydrogen-bond donors (Lipinski definition) is 0. The Hall–Kier alpha value is -3.65. The number of anilines is 1. The molecule has 148 valence electrons. The SMILES string of the molecule is O=C1CCC(=O)N1c1ccc(-c2nc3scc(-c4ccc(F)cc4)c3c(=O)o2)cc1. The maximum atomic E-state index is 13.2. The summed E-state index contributed by atoms with van der Waals surface area (Å²) >= 11 is 1.30. The summed E-state index contributed by atoms with van der Waals surface area (Å²) in [7, 11) is 0. The summed E-state index contributed by atoms with van der Waals surface area (Å²) in [5, 5.41) is 2.14. The molecule has 1 aliphatic rings. The third-order valence-electron chi connectivity index (χ3n) is 4.95. The zero-order chi connectivity index (χ0) is 20.8. The molecule has 0 atom stereocenters. The number of fused-ring (bicyclic) bond motifs is 1. The van der Waals surface area contributed by atoms with Crippen LogP contribution in [0, 0.1) is 5.82 Å². The van der Waals surface area contributed by atoms with Crippen LogP contribution in [-0.4, -0.2) is 16.8 Å². The number of carbonyl (C=O) groups excluding carboxylic acids is 2. The Labute approximate surface area is 173 Å². The van der Waals surface area contributed by atoms with E-state index in [-0.39, 0.29) is 36.4 Å². The number of thiophene rings is 1. The minimum absolute atomic E-state index is 0.144. The Morgan fingerprint density at radius 1 is 0.900 bits per heavy atom. The lowest BCUT2D eigenvalue weighted by Crippen LogP contribution is -2.28. The average molecular weight is 420 g/mol. The van der Waals surface area contributed by atoms with Crippen molar-refractivity contribution >= 4 is 39.1 Å². The first kappa shape index (κ1) is 18.4. The van der Waals surface area contributed by atoms with E-state index in [0.29, 0.717) is 32.6 Å². The first-order valence-corrected chi connectivity index (χ1v) is 10.0. The standard InChI is InChI=1S/C22H13FN2O4S/c23-14-5-1-12(2-6-14)16-11-30-21-19(16)22(28)29-20(24-21)13-3-7-15(8-4-13)25-17(26)9-10-18(25)27/h1-8,11H,9-10H2. The Morgan fingerprint density at radius 2 is 1.53 bits per heavy atom. The lowest BCUT2D eigenvalue weighted by atomic mass is 10.1. The van der Waals surface area contributed by atoms with Gasteiger partial charge in [-0.1, -0.05) is 12.1 Å². The van der Waals surface area contributed by atoms with Gasteiger partial charge in [-0.05, 0) is 42.0 Å². The van der Waals surface area contributed by atoms with Gasteiger partial charge in [-0.3, -0.25) is 14.5 Å². The van der Waals surface area contributed by atoms with Crippen LogP contribution in [0.3, 0.4) is 0 Å². The molecular formula is C22H13FN2O4S. The number of amides is 2. The highest BCUT2D eigenvalue weighted by Crippen LogP contribution is 2.33. The highest BCUT2D eigenvalue weighted by atomic mass is 32.1. The Bertz CT molecular complexity index is 1340. The molecule has 2 aromatic carbocycles. The van der Waals surface area contributed by atoms with Gasteiger partial charge in [-0.2, -0.15) is 0 Å². The number of rotatable bonds is 3. The molecule has 0 N–H and O–H groups in total. The molecule has 0 spiro atoms. The molecule has 4 aromatic rings. The second-order valence-corrected chi connectivity index (χ2v) is 7.67. The first-order valence-electron chi connectivity index (χ1n) is 9.16. The Balaban J connectivity index is 1.53. The van der Waals surface area contributed by atoms with Gasteiger partial charge < -0.3 is 4.42 Å². The van der Waals surface area contributed by atoms with Crippen molar-refractivity contribution in [3.63, 3.8) is 0 Å². The molecule has 1 saturated heterocycles. The molecule has 0 unspecified atom stereocenters. The van der Waals surface area contributed by atoms with E-state index in [0.717, 1.165) is 4.90 Å². The van der Waals surface area contributed by atoms with Gasteiger partial charge in [0, 0.05) is 29.3 Å². The van der Waals surface area contributed by atoms with E-state index in [1.807, 2.05) is 0 Å². The van der Waals surface area contributed by atoms with E-state index in [4.69, 9.17) is 4.42 Å². The average Bonchev–Trinajstić information content (AvgIpc) is 3.32. The molecule has 0 aliphatic carbocycles. The molecule has 2 amide bonds. The first-order chi connectivity index (χ1) is 14.5. The van der Waals surface area contributed by atoms with Crippen LogP contribution in [0.2, 0.25) is 0 Å². The maximum Gasteiger partial charge on any atom is 0.348 e. The predicted octanol–water partition coefficient (Wildman–Crippen LogP) is 4.38. The van der Waals surface area contributed by atoms with Crippen LogP contribution in [0.5, 0.6) is 0 Å². The monoisotopic (exact) mass is 420 g/mol. The fourth-order valence-electron chi connectivity index (χ4n) is 3.46. The number of aromatic nitrogens is 1. The van der Waals surface area contributed by atoms with Crippen molar-refractivity contribution in [3.05, 3.63) is 70.1 Å². The van der Waals surface area contributed by atoms with Crippen LogP contribution in [0.25, 0.3) is 32.8 Å². The summed E-state index contributed by atoms with van der Waals surface area (Å²) in [6.45, 7) is 0. The smallest absolute Gasteiger partial charge is 0.348 e. The largest absolute Gasteiger partial charge is 0.403 e. The van der Waals surface area contributed by atoms with Crippen molar-refractivity contribution in [2.24, 2.45) is 0 Å². The van der Waals surface area contributed by atoms with Crippen LogP contribution < -0.4 is 10.5 Å². The molecule has 5 rings (SSSR count). The van der Waals surface area contributed by atoms with Gasteiger partial charge >= 0.3 is 5.63 Å². The van der Waals surface area contributed by atoms with Gasteiger partial charge in [0.05, 0.1) is 5.69 Å². The van der Waals surface area contributed by atoms with Gasteiger partial charge in [0.15, 0.2) is 0 Å². The van der Waals surface area contributed by atoms with Crippen molar-refractivity contribution < 1.29 is 18.4 Å². The summed E-state index contributed by atoms with van der Waals surface area (Å²) < 4.78 is 18.6. The maximum absolute atomic E-state index is 13.2. The van der Waals surface area contributed by atoms with E-state index in [1.165, 1.54) is 23.5 Å². The highest BCUT2D eigenvalue weighted by Gasteiger charge is 2.30. The molecule has 1 fully saturated rings. The lowest BCUT2D eigenvalue weighted by molar-refractivity contribution is -0.121. The summed E-state index contributed by atoms with van der Waals surface area (Å²) in [6.07, 6.45) is 0.422. The Kier molecular flexibility index (Phi) is 4.29. The van der Waals surface area contributed by atoms with E-state index in [1.54, 1.807) is 41.8 Å². The molecule has 0 radical (unpaired) electrons. The second kappa shape index (κ2) is 7.00. The minimum atomic E-state index is -0.537. The summed E-state index contributed by atoms with van der Waals surface area (Å²) in [5.41, 5.74) is 1.83. The van der Waals surface area contributed by atoms with Gasteiger partial charge in [0.1, 0.15) is 16.0 Å². The minimum Gasteiger partial charge on any atom is -0.403 e. The van der Waals surface area contributed by atoms with Crippen molar-refractivity contribution in [1.82, 2.24) is 4.98 Å². The zero-order valence-corrected chi connectivity index (χ0v) is 16.2. The van der Waals surface area contributed by atoms with E-state index < -0.39 is 5.63 Å². The highest BCUT2D eigenvalue weighted by molar-refractivity contribution is 7.17. The van der Waals surface area contributed by atoms with Crippen LogP contribution in [0.4, 0.5) is 10.1 Å². The lowest BCUT2D eigenvalue weighted by Gasteiger charge is -2.13. The van der Waals surface area contributed by atoms with Crippen LogP contribution >= 0.6 is 11.3 Å². The van der Waals surface area contributed by atoms with Crippen LogP contribution in [0.1, 0.15) is 12.8 Å². The van der Waals surface area contributed by atoms with Crippen LogP contribution in [-0.2, 0) is 9.59 Å². The third-order valence-corrected chi connectivity index (χ3v) is 5.82. The molecule has 2 aromatic heterocycles. The molecule has 3 heterocycles. The van der Waals surface area contributed by atoms with Crippen LogP contribution in [0.15, 0.2) is 63.1 Å². The van der Waals surface area contributed by atoms with Crippen molar-refractivity contribution in [3.8, 4) is 22.6 Å². The van der Waals surface area contributed by atoms with Gasteiger partial charge in [0.25, 0.3) is 0 Å². The molecule has 0 bridgehead atoms. The summed E-state index contributed by atoms with van der Waals surface area (Å²) in [5.74, 6) is -0.673. The number of imide groups is 1. The molecule has 1 aliphatic heterocycles. The fourth-order valence-corrected chi connectivity index (χ4v) is 4.39. The van der Waals surface area contributed by atoms with Gasteiger partial charge in [-0.15, -0.1) is 11.3 Å². The predicted molar refractivity (Wildman–Crippen MR) is 111 cm³/mol. The van der Waals surface area contributed by atoms with E-state index in [9.17, 15) is 18.8 Å². The molecular weight excluding hydrogens is 407 g/mol. The molecule has 0 saturated carbocycles. The quantitative estimate of drug-likeness (QED) is 0.460. The van der Waals surface area contributed by atoms with Crippen molar-refractivity contribution in [2.45, 2.75) is 12.8 Å². The number of nitrogens with zero attached hydrogens (tertiary/aromatic N) is 2. The topological polar surface area (TPSA) is 80.5 Å². The normalized spacial score (nSPS) is 14.1. The molecule has 8 heteroatoms. The molecule has 30 heavy (non-hydrogen) atoms. The number of halogens is 1. The third kappa shape index (κ3) is 3.02. The number of benzene rings is 2. The van der Waals surface area contributed by atoms with Gasteiger partial charge in [-0.25, -0.2) is 14.2 Å². The number of hydrogen-bond acceptors (Lipinski definition) is 6. The van der Waals surface area contributed by atoms with Crippen molar-refractivity contribution in [2.75, 3.05) is 4.90 Å². The summed E-state index contributed by atoms with van der Waals surface area (Å²) in [4.78, 5) is 42.6. The Morgan fingerprint density at radius 3 is 2.20 bits per heavy atom. The second-order valence-electron chi connectivity index (χ2n) is 6.81. The van der Waals surface area contributed by atoms with Crippen molar-refractivity contribution in [1.29, 1.82) is 0 Å². The van der Waals surface area contributed by atoms with Gasteiger partial charge in [0.2, 0.25) is 17.7 Å². The zero-order valence-electron chi connectivity index (χ0n) is 15.4. The molecule has 6 nitrogen and oxygen atoms in total. The summed E-state index contributed by atoms with van der Waals surface area (Å²) in [6, 6.07) is 12.4.